The molecule has 2 rings (SSSR count). The molecule has 1 heterocycles. The molecule has 2 N–H and O–H groups in total. The Balaban J connectivity index is 2.20. The Labute approximate surface area is 115 Å². The second-order valence-electron chi connectivity index (χ2n) is 5.65. The van der Waals surface area contributed by atoms with Gasteiger partial charge in [0.05, 0.1) is 0 Å². The number of anilines is 1. The van der Waals surface area contributed by atoms with E-state index in [9.17, 15) is 4.79 Å². The van der Waals surface area contributed by atoms with Gasteiger partial charge in [-0.2, -0.15) is 0 Å². The lowest BCUT2D eigenvalue weighted by Crippen LogP contribution is -2.56. The number of carbonyl (C=O) groups is 1. The summed E-state index contributed by atoms with van der Waals surface area (Å²) in [5, 5.41) is 0. The Morgan fingerprint density at radius 2 is 1.84 bits per heavy atom. The maximum Gasteiger partial charge on any atom is 0.254 e. The number of rotatable bonds is 1. The van der Waals surface area contributed by atoms with Gasteiger partial charge in [0.2, 0.25) is 0 Å². The Hall–Kier alpha value is -1.55. The van der Waals surface area contributed by atoms with Crippen molar-refractivity contribution < 1.29 is 4.79 Å². The smallest absolute Gasteiger partial charge is 0.254 e. The fourth-order valence-corrected chi connectivity index (χ4v) is 2.67. The van der Waals surface area contributed by atoms with Crippen LogP contribution in [0.15, 0.2) is 18.2 Å². The minimum Gasteiger partial charge on any atom is -0.399 e. The summed E-state index contributed by atoms with van der Waals surface area (Å²) < 4.78 is 0. The van der Waals surface area contributed by atoms with Crippen molar-refractivity contribution in [3.05, 3.63) is 29.3 Å². The Morgan fingerprint density at radius 1 is 1.26 bits per heavy atom. The summed E-state index contributed by atoms with van der Waals surface area (Å²) in [6.45, 7) is 7.82. The van der Waals surface area contributed by atoms with Crippen molar-refractivity contribution in [3.63, 3.8) is 0 Å². The van der Waals surface area contributed by atoms with E-state index in [1.54, 1.807) is 6.07 Å². The number of carbonyl (C=O) groups excluding carboxylic acids is 1. The van der Waals surface area contributed by atoms with Crippen molar-refractivity contribution in [2.24, 2.45) is 0 Å². The summed E-state index contributed by atoms with van der Waals surface area (Å²) >= 11 is 0. The van der Waals surface area contributed by atoms with Gasteiger partial charge in [-0.05, 0) is 51.6 Å². The van der Waals surface area contributed by atoms with Gasteiger partial charge in [-0.25, -0.2) is 0 Å². The normalized spacial score (nSPS) is 24.5. The molecule has 2 atom stereocenters. The van der Waals surface area contributed by atoms with E-state index in [0.29, 0.717) is 17.8 Å². The van der Waals surface area contributed by atoms with E-state index in [1.807, 2.05) is 24.0 Å². The van der Waals surface area contributed by atoms with Crippen molar-refractivity contribution >= 4 is 11.6 Å². The quantitative estimate of drug-likeness (QED) is 0.783. The lowest BCUT2D eigenvalue weighted by atomic mass is 10.0. The monoisotopic (exact) mass is 261 g/mol. The summed E-state index contributed by atoms with van der Waals surface area (Å²) in [7, 11) is 2.12. The molecule has 4 nitrogen and oxygen atoms in total. The summed E-state index contributed by atoms with van der Waals surface area (Å²) in [6, 6.07) is 6.27. The van der Waals surface area contributed by atoms with Crippen LogP contribution in [0.2, 0.25) is 0 Å². The van der Waals surface area contributed by atoms with Gasteiger partial charge in [0.25, 0.3) is 5.91 Å². The number of nitrogens with two attached hydrogens (primary N) is 1. The number of nitrogens with zero attached hydrogens (tertiary/aromatic N) is 2. The lowest BCUT2D eigenvalue weighted by molar-refractivity contribution is 0.0413. The van der Waals surface area contributed by atoms with E-state index < -0.39 is 0 Å². The number of hydrogen-bond donors (Lipinski definition) is 1. The number of benzene rings is 1. The van der Waals surface area contributed by atoms with Gasteiger partial charge in [0.15, 0.2) is 0 Å². The molecule has 0 bridgehead atoms. The Bertz CT molecular complexity index is 474. The molecule has 1 amide bonds. The van der Waals surface area contributed by atoms with Gasteiger partial charge in [-0.3, -0.25) is 9.69 Å². The zero-order valence-corrected chi connectivity index (χ0v) is 12.2. The maximum atomic E-state index is 12.6. The lowest BCUT2D eigenvalue weighted by Gasteiger charge is -2.42. The highest BCUT2D eigenvalue weighted by Gasteiger charge is 2.30. The van der Waals surface area contributed by atoms with Crippen LogP contribution in [0.25, 0.3) is 0 Å². The second kappa shape index (κ2) is 5.21. The first-order valence-electron chi connectivity index (χ1n) is 6.77. The van der Waals surface area contributed by atoms with Crippen LogP contribution < -0.4 is 5.73 Å². The average molecular weight is 261 g/mol. The van der Waals surface area contributed by atoms with Crippen LogP contribution in [-0.4, -0.2) is 47.9 Å². The first-order valence-corrected chi connectivity index (χ1v) is 6.77. The second-order valence-corrected chi connectivity index (χ2v) is 5.65. The molecule has 1 aromatic carbocycles. The largest absolute Gasteiger partial charge is 0.399 e. The molecule has 1 fully saturated rings. The third-order valence-electron chi connectivity index (χ3n) is 4.13. The van der Waals surface area contributed by atoms with Crippen molar-refractivity contribution in [1.82, 2.24) is 9.80 Å². The Morgan fingerprint density at radius 3 is 2.37 bits per heavy atom. The molecule has 0 spiro atoms. The number of amides is 1. The number of aryl methyl sites for hydroxylation is 1. The summed E-state index contributed by atoms with van der Waals surface area (Å²) in [6.07, 6.45) is 0. The Kier molecular flexibility index (Phi) is 3.80. The third kappa shape index (κ3) is 2.73. The molecule has 1 saturated heterocycles. The van der Waals surface area contributed by atoms with E-state index in [0.717, 1.165) is 24.2 Å². The van der Waals surface area contributed by atoms with Gasteiger partial charge >= 0.3 is 0 Å². The molecule has 0 radical (unpaired) electrons. The SMILES string of the molecule is Cc1cc(N)ccc1C(=O)N1CC(C)N(C)C(C)C1. The van der Waals surface area contributed by atoms with Crippen LogP contribution in [-0.2, 0) is 0 Å². The predicted molar refractivity (Wildman–Crippen MR) is 78.2 cm³/mol. The van der Waals surface area contributed by atoms with Crippen LogP contribution >= 0.6 is 0 Å². The van der Waals surface area contributed by atoms with Crippen LogP contribution in [0.3, 0.4) is 0 Å². The van der Waals surface area contributed by atoms with E-state index in [4.69, 9.17) is 5.73 Å². The van der Waals surface area contributed by atoms with Gasteiger partial charge in [-0.15, -0.1) is 0 Å². The minimum atomic E-state index is 0.115. The molecule has 19 heavy (non-hydrogen) atoms. The fourth-order valence-electron chi connectivity index (χ4n) is 2.67. The zero-order valence-electron chi connectivity index (χ0n) is 12.2. The highest BCUT2D eigenvalue weighted by molar-refractivity contribution is 5.96. The topological polar surface area (TPSA) is 49.6 Å². The first kappa shape index (κ1) is 13.9. The van der Waals surface area contributed by atoms with Crippen LogP contribution in [0.5, 0.6) is 0 Å². The molecule has 1 aliphatic heterocycles. The molecule has 4 heteroatoms. The van der Waals surface area contributed by atoms with Crippen LogP contribution in [0.4, 0.5) is 5.69 Å². The van der Waals surface area contributed by atoms with E-state index in [2.05, 4.69) is 25.8 Å². The molecule has 0 aliphatic carbocycles. The maximum absolute atomic E-state index is 12.6. The van der Waals surface area contributed by atoms with Crippen LogP contribution in [0, 0.1) is 6.92 Å². The first-order chi connectivity index (χ1) is 8.90. The van der Waals surface area contributed by atoms with E-state index in [1.165, 1.54) is 0 Å². The molecule has 2 unspecified atom stereocenters. The van der Waals surface area contributed by atoms with Crippen LogP contribution in [0.1, 0.15) is 29.8 Å². The molecular formula is C15H23N3O. The van der Waals surface area contributed by atoms with E-state index in [-0.39, 0.29) is 5.91 Å². The number of hydrogen-bond acceptors (Lipinski definition) is 3. The van der Waals surface area contributed by atoms with E-state index >= 15 is 0 Å². The highest BCUT2D eigenvalue weighted by Crippen LogP contribution is 2.19. The summed E-state index contributed by atoms with van der Waals surface area (Å²) in [4.78, 5) is 16.9. The average Bonchev–Trinajstić information content (AvgIpc) is 2.34. The molecule has 104 valence electrons. The van der Waals surface area contributed by atoms with Gasteiger partial charge < -0.3 is 10.6 Å². The van der Waals surface area contributed by atoms with Gasteiger partial charge in [-0.1, -0.05) is 0 Å². The number of piperazine rings is 1. The van der Waals surface area contributed by atoms with Crippen molar-refractivity contribution in [1.29, 1.82) is 0 Å². The molecule has 0 aromatic heterocycles. The standard InChI is InChI=1S/C15H23N3O/c1-10-7-13(16)5-6-14(10)15(19)18-8-11(2)17(4)12(3)9-18/h5-7,11-12H,8-9,16H2,1-4H3. The zero-order chi connectivity index (χ0) is 14.2. The van der Waals surface area contributed by atoms with Crippen molar-refractivity contribution in [2.45, 2.75) is 32.9 Å². The van der Waals surface area contributed by atoms with Gasteiger partial charge in [0, 0.05) is 36.4 Å². The molecule has 1 aromatic rings. The molecule has 0 saturated carbocycles. The molecule has 1 aliphatic rings. The van der Waals surface area contributed by atoms with Gasteiger partial charge in [0.1, 0.15) is 0 Å². The minimum absolute atomic E-state index is 0.115. The number of nitrogen functional groups attached to an aromatic ring is 1. The summed E-state index contributed by atoms with van der Waals surface area (Å²) in [5.41, 5.74) is 8.15. The third-order valence-corrected chi connectivity index (χ3v) is 4.13. The molecular weight excluding hydrogens is 238 g/mol. The predicted octanol–water partition coefficient (Wildman–Crippen LogP) is 1.74. The summed E-state index contributed by atoms with van der Waals surface area (Å²) in [5.74, 6) is 0.115. The number of likely N-dealkylation sites (N-methyl/N-ethyl adjacent to an activating group) is 1. The fraction of sp³-hybridized carbons (Fsp3) is 0.533. The van der Waals surface area contributed by atoms with Crippen molar-refractivity contribution in [2.75, 3.05) is 25.9 Å². The highest BCUT2D eigenvalue weighted by atomic mass is 16.2. The van der Waals surface area contributed by atoms with Crippen molar-refractivity contribution in [3.8, 4) is 0 Å².